The third-order valence-electron chi connectivity index (χ3n) is 5.99. The molecule has 0 spiro atoms. The Kier molecular flexibility index (Phi) is 7.23. The van der Waals surface area contributed by atoms with Gasteiger partial charge in [-0.3, -0.25) is 0 Å². The monoisotopic (exact) mass is 542 g/mol. The third-order valence-corrected chi connectivity index (χ3v) is 6.54. The van der Waals surface area contributed by atoms with Gasteiger partial charge < -0.3 is 19.9 Å². The van der Waals surface area contributed by atoms with Crippen LogP contribution in [-0.2, 0) is 6.61 Å². The van der Waals surface area contributed by atoms with Crippen molar-refractivity contribution < 1.29 is 19.0 Å². The number of nitriles is 1. The van der Waals surface area contributed by atoms with Crippen LogP contribution in [0.3, 0.4) is 0 Å². The molecule has 0 radical (unpaired) electrons. The van der Waals surface area contributed by atoms with Crippen LogP contribution in [0.2, 0.25) is 10.0 Å². The van der Waals surface area contributed by atoms with E-state index < -0.39 is 11.9 Å². The smallest absolute Gasteiger partial charge is 0.345 e. The quantitative estimate of drug-likeness (QED) is 0.208. The fraction of sp³-hybridized carbons (Fsp3) is 0.0667. The van der Waals surface area contributed by atoms with Crippen LogP contribution in [-0.4, -0.2) is 5.97 Å². The summed E-state index contributed by atoms with van der Waals surface area (Å²) in [6.07, 6.45) is 0. The first-order valence-corrected chi connectivity index (χ1v) is 12.3. The number of carbonyl (C=O) groups is 1. The van der Waals surface area contributed by atoms with Crippen LogP contribution in [0.1, 0.15) is 33.0 Å². The van der Waals surface area contributed by atoms with Crippen molar-refractivity contribution in [1.29, 1.82) is 5.26 Å². The number of hydrogen-bond acceptors (Lipinski definition) is 6. The maximum Gasteiger partial charge on any atom is 0.345 e. The van der Waals surface area contributed by atoms with Gasteiger partial charge in [0.05, 0.1) is 16.5 Å². The Bertz CT molecular complexity index is 1600. The highest BCUT2D eigenvalue weighted by Gasteiger charge is 2.31. The Hall–Kier alpha value is -4.44. The summed E-state index contributed by atoms with van der Waals surface area (Å²) in [6.45, 7) is 0.407. The molecule has 1 aliphatic heterocycles. The van der Waals surface area contributed by atoms with Gasteiger partial charge in [-0.05, 0) is 47.5 Å². The first-order chi connectivity index (χ1) is 18.4. The molecular formula is C30H20Cl2N2O4. The minimum atomic E-state index is -0.650. The van der Waals surface area contributed by atoms with Crippen LogP contribution in [0.5, 0.6) is 17.2 Å². The average Bonchev–Trinajstić information content (AvgIpc) is 2.91. The summed E-state index contributed by atoms with van der Waals surface area (Å²) in [7, 11) is 0. The minimum Gasteiger partial charge on any atom is -0.489 e. The van der Waals surface area contributed by atoms with E-state index in [9.17, 15) is 10.1 Å². The Balaban J connectivity index is 1.43. The second kappa shape index (κ2) is 10.9. The normalized spacial score (nSPS) is 14.2. The molecule has 1 heterocycles. The van der Waals surface area contributed by atoms with E-state index in [0.717, 1.165) is 11.1 Å². The molecule has 5 rings (SSSR count). The van der Waals surface area contributed by atoms with E-state index in [1.54, 1.807) is 24.3 Å². The van der Waals surface area contributed by atoms with E-state index in [4.69, 9.17) is 43.1 Å². The van der Waals surface area contributed by atoms with Crippen LogP contribution < -0.4 is 19.9 Å². The number of allylic oxidation sites excluding steroid dienone is 1. The molecule has 0 amide bonds. The highest BCUT2D eigenvalue weighted by atomic mass is 35.5. The zero-order valence-corrected chi connectivity index (χ0v) is 21.4. The molecule has 0 aliphatic carbocycles. The van der Waals surface area contributed by atoms with Crippen LogP contribution >= 0.6 is 23.2 Å². The summed E-state index contributed by atoms with van der Waals surface area (Å²) in [4.78, 5) is 12.7. The topological polar surface area (TPSA) is 94.6 Å². The average molecular weight is 543 g/mol. The van der Waals surface area contributed by atoms with E-state index in [1.165, 1.54) is 12.1 Å². The van der Waals surface area contributed by atoms with Crippen molar-refractivity contribution in [2.75, 3.05) is 0 Å². The summed E-state index contributed by atoms with van der Waals surface area (Å²) in [5.41, 5.74) is 9.13. The van der Waals surface area contributed by atoms with Gasteiger partial charge in [0, 0.05) is 16.7 Å². The molecule has 188 valence electrons. The molecular weight excluding hydrogens is 523 g/mol. The maximum absolute atomic E-state index is 12.7. The number of esters is 1. The summed E-state index contributed by atoms with van der Waals surface area (Å²) in [5, 5.41) is 10.5. The van der Waals surface area contributed by atoms with Gasteiger partial charge in [-0.25, -0.2) is 4.79 Å². The fourth-order valence-corrected chi connectivity index (χ4v) is 4.67. The Labute approximate surface area is 229 Å². The van der Waals surface area contributed by atoms with Crippen LogP contribution in [0, 0.1) is 11.3 Å². The molecule has 0 saturated carbocycles. The predicted octanol–water partition coefficient (Wildman–Crippen LogP) is 7.01. The first-order valence-electron chi connectivity index (χ1n) is 11.6. The number of ether oxygens (including phenoxy) is 3. The number of rotatable bonds is 6. The number of halogens is 2. The van der Waals surface area contributed by atoms with Crippen LogP contribution in [0.15, 0.2) is 102 Å². The number of nitrogens with two attached hydrogens (primary N) is 1. The van der Waals surface area contributed by atoms with Gasteiger partial charge in [0.15, 0.2) is 0 Å². The van der Waals surface area contributed by atoms with Crippen molar-refractivity contribution in [3.8, 4) is 23.3 Å². The predicted molar refractivity (Wildman–Crippen MR) is 144 cm³/mol. The van der Waals surface area contributed by atoms with Gasteiger partial charge in [0.25, 0.3) is 0 Å². The number of nitrogens with zero attached hydrogens (tertiary/aromatic N) is 1. The molecule has 0 saturated heterocycles. The van der Waals surface area contributed by atoms with Crippen LogP contribution in [0.25, 0.3) is 0 Å². The Morgan fingerprint density at radius 2 is 1.76 bits per heavy atom. The summed E-state index contributed by atoms with van der Waals surface area (Å²) >= 11 is 12.1. The number of carbonyl (C=O) groups excluding carboxylic acids is 1. The highest BCUT2D eigenvalue weighted by Crippen LogP contribution is 2.44. The van der Waals surface area contributed by atoms with E-state index in [2.05, 4.69) is 6.07 Å². The largest absolute Gasteiger partial charge is 0.489 e. The molecule has 0 fully saturated rings. The van der Waals surface area contributed by atoms with Crippen molar-refractivity contribution in [3.63, 3.8) is 0 Å². The lowest BCUT2D eigenvalue weighted by Gasteiger charge is -2.27. The van der Waals surface area contributed by atoms with E-state index in [-0.39, 0.29) is 27.8 Å². The van der Waals surface area contributed by atoms with Crippen molar-refractivity contribution in [2.45, 2.75) is 12.5 Å². The zero-order valence-electron chi connectivity index (χ0n) is 19.9. The lowest BCUT2D eigenvalue weighted by molar-refractivity contribution is 0.0734. The molecule has 6 nitrogen and oxygen atoms in total. The van der Waals surface area contributed by atoms with Crippen molar-refractivity contribution in [2.24, 2.45) is 5.73 Å². The van der Waals surface area contributed by atoms with Gasteiger partial charge in [0.1, 0.15) is 35.5 Å². The lowest BCUT2D eigenvalue weighted by atomic mass is 9.83. The Morgan fingerprint density at radius 1 is 0.947 bits per heavy atom. The standard InChI is InChI=1S/C30H20Cl2N2O4/c31-20-9-11-23(26(32)14-20)30(35)37-22-10-12-24-27(15-22)38-29(34)25(16-33)28(24)19-7-4-8-21(13-19)36-17-18-5-2-1-3-6-18/h1-15,28H,17,34H2. The first kappa shape index (κ1) is 25.2. The molecule has 0 aromatic heterocycles. The zero-order chi connectivity index (χ0) is 26.6. The lowest BCUT2D eigenvalue weighted by Crippen LogP contribution is -2.21. The highest BCUT2D eigenvalue weighted by molar-refractivity contribution is 6.36. The molecule has 1 atom stereocenters. The number of fused-ring (bicyclic) bond motifs is 1. The van der Waals surface area contributed by atoms with Crippen molar-refractivity contribution in [3.05, 3.63) is 135 Å². The van der Waals surface area contributed by atoms with Crippen molar-refractivity contribution in [1.82, 2.24) is 0 Å². The Morgan fingerprint density at radius 3 is 2.53 bits per heavy atom. The molecule has 2 N–H and O–H groups in total. The molecule has 0 bridgehead atoms. The van der Waals surface area contributed by atoms with E-state index in [1.807, 2.05) is 54.6 Å². The third kappa shape index (κ3) is 5.30. The molecule has 4 aromatic carbocycles. The number of benzene rings is 4. The van der Waals surface area contributed by atoms with Gasteiger partial charge >= 0.3 is 5.97 Å². The second-order valence-electron chi connectivity index (χ2n) is 8.48. The van der Waals surface area contributed by atoms with Crippen molar-refractivity contribution >= 4 is 29.2 Å². The molecule has 1 unspecified atom stereocenters. The van der Waals surface area contributed by atoms with E-state index in [0.29, 0.717) is 28.7 Å². The molecule has 4 aromatic rings. The van der Waals surface area contributed by atoms with Gasteiger partial charge in [-0.15, -0.1) is 0 Å². The SMILES string of the molecule is N#CC1=C(N)Oc2cc(OC(=O)c3ccc(Cl)cc3Cl)ccc2C1c1cccc(OCc2ccccc2)c1. The van der Waals surface area contributed by atoms with Gasteiger partial charge in [-0.1, -0.05) is 71.7 Å². The summed E-state index contributed by atoms with van der Waals surface area (Å²) in [5.74, 6) is 0.0784. The second-order valence-corrected chi connectivity index (χ2v) is 9.33. The van der Waals surface area contributed by atoms with Gasteiger partial charge in [-0.2, -0.15) is 5.26 Å². The summed E-state index contributed by atoms with van der Waals surface area (Å²) < 4.78 is 17.3. The van der Waals surface area contributed by atoms with Gasteiger partial charge in [0.2, 0.25) is 5.88 Å². The maximum atomic E-state index is 12.7. The van der Waals surface area contributed by atoms with E-state index >= 15 is 0 Å². The minimum absolute atomic E-state index is 0.0233. The molecule has 1 aliphatic rings. The van der Waals surface area contributed by atoms with Crippen LogP contribution in [0.4, 0.5) is 0 Å². The molecule has 8 heteroatoms. The summed E-state index contributed by atoms with van der Waals surface area (Å²) in [6, 6.07) is 28.9. The number of hydrogen-bond donors (Lipinski definition) is 1. The molecule has 38 heavy (non-hydrogen) atoms. The fourth-order valence-electron chi connectivity index (χ4n) is 4.18.